The lowest BCUT2D eigenvalue weighted by Gasteiger charge is -2.35. The number of H-pyrrole nitrogens is 1. The van der Waals surface area contributed by atoms with Gasteiger partial charge >= 0.3 is 0 Å². The van der Waals surface area contributed by atoms with Gasteiger partial charge in [0.15, 0.2) is 0 Å². The summed E-state index contributed by atoms with van der Waals surface area (Å²) >= 11 is 0. The highest BCUT2D eigenvalue weighted by atomic mass is 16.2. The van der Waals surface area contributed by atoms with Crippen molar-refractivity contribution in [3.05, 3.63) is 72.2 Å². The Hall–Kier alpha value is -2.99. The van der Waals surface area contributed by atoms with Gasteiger partial charge in [-0.3, -0.25) is 19.8 Å². The lowest BCUT2D eigenvalue weighted by atomic mass is 9.94. The molecule has 0 radical (unpaired) electrons. The van der Waals surface area contributed by atoms with Crippen molar-refractivity contribution in [1.29, 1.82) is 0 Å². The predicted molar refractivity (Wildman–Crippen MR) is 111 cm³/mol. The largest absolute Gasteiger partial charge is 0.335 e. The molecule has 2 atom stereocenters. The molecule has 3 saturated heterocycles. The number of carbonyl (C=O) groups excluding carboxylic acids is 1. The molecule has 0 unspecified atom stereocenters. The summed E-state index contributed by atoms with van der Waals surface area (Å²) in [7, 11) is 0. The molecule has 6 nitrogen and oxygen atoms in total. The third-order valence-electron chi connectivity index (χ3n) is 6.15. The van der Waals surface area contributed by atoms with Crippen LogP contribution in [0.1, 0.15) is 28.9 Å². The minimum atomic E-state index is 0.0534. The molecule has 0 saturated carbocycles. The van der Waals surface area contributed by atoms with E-state index in [0.29, 0.717) is 17.7 Å². The Balaban J connectivity index is 1.34. The van der Waals surface area contributed by atoms with Crippen LogP contribution in [0.25, 0.3) is 11.3 Å². The van der Waals surface area contributed by atoms with E-state index in [9.17, 15) is 4.79 Å². The number of amides is 1. The van der Waals surface area contributed by atoms with Crippen molar-refractivity contribution < 1.29 is 4.79 Å². The van der Waals surface area contributed by atoms with E-state index in [4.69, 9.17) is 0 Å². The molecule has 3 aliphatic rings. The first-order chi connectivity index (χ1) is 14.3. The Bertz CT molecular complexity index is 971. The van der Waals surface area contributed by atoms with E-state index in [1.807, 2.05) is 35.4 Å². The molecule has 0 spiro atoms. The van der Waals surface area contributed by atoms with Crippen LogP contribution in [0.5, 0.6) is 0 Å². The molecule has 3 aromatic rings. The molecular weight excluding hydrogens is 362 g/mol. The molecule has 6 rings (SSSR count). The number of fused-ring (bicyclic) bond motifs is 4. The molecule has 3 fully saturated rings. The summed E-state index contributed by atoms with van der Waals surface area (Å²) in [6.45, 7) is 3.47. The van der Waals surface area contributed by atoms with Crippen molar-refractivity contribution in [2.24, 2.45) is 5.92 Å². The Labute approximate surface area is 170 Å². The summed E-state index contributed by atoms with van der Waals surface area (Å²) in [5.41, 5.74) is 4.01. The van der Waals surface area contributed by atoms with Gasteiger partial charge in [0.1, 0.15) is 5.69 Å². The molecule has 3 aliphatic heterocycles. The zero-order valence-electron chi connectivity index (χ0n) is 16.4. The fourth-order valence-corrected chi connectivity index (χ4v) is 4.69. The van der Waals surface area contributed by atoms with Gasteiger partial charge in [-0.25, -0.2) is 0 Å². The van der Waals surface area contributed by atoms with E-state index in [2.05, 4.69) is 44.3 Å². The highest BCUT2D eigenvalue weighted by Crippen LogP contribution is 2.31. The third-order valence-corrected chi connectivity index (χ3v) is 6.15. The lowest BCUT2D eigenvalue weighted by molar-refractivity contribution is 0.0730. The van der Waals surface area contributed by atoms with E-state index in [0.717, 1.165) is 43.9 Å². The first kappa shape index (κ1) is 18.1. The maximum Gasteiger partial charge on any atom is 0.272 e. The monoisotopic (exact) mass is 387 g/mol. The summed E-state index contributed by atoms with van der Waals surface area (Å²) in [4.78, 5) is 21.8. The van der Waals surface area contributed by atoms with Gasteiger partial charge in [0.2, 0.25) is 0 Å². The number of pyridine rings is 1. The smallest absolute Gasteiger partial charge is 0.272 e. The molecular formula is C23H25N5O. The number of carbonyl (C=O) groups is 1. The van der Waals surface area contributed by atoms with Gasteiger partial charge in [-0.15, -0.1) is 0 Å². The van der Waals surface area contributed by atoms with E-state index in [1.165, 1.54) is 12.0 Å². The summed E-state index contributed by atoms with van der Waals surface area (Å²) in [6.07, 6.45) is 5.95. The zero-order chi connectivity index (χ0) is 19.6. The number of nitrogens with zero attached hydrogens (tertiary/aromatic N) is 4. The second kappa shape index (κ2) is 7.79. The van der Waals surface area contributed by atoms with E-state index in [-0.39, 0.29) is 5.91 Å². The maximum absolute atomic E-state index is 13.0. The number of piperidine rings is 1. The van der Waals surface area contributed by atoms with Crippen LogP contribution in [0.3, 0.4) is 0 Å². The molecule has 1 amide bonds. The van der Waals surface area contributed by atoms with Crippen molar-refractivity contribution in [2.45, 2.75) is 25.4 Å². The van der Waals surface area contributed by atoms with Crippen molar-refractivity contribution in [3.63, 3.8) is 0 Å². The average molecular weight is 387 g/mol. The van der Waals surface area contributed by atoms with Crippen LogP contribution in [-0.2, 0) is 6.54 Å². The van der Waals surface area contributed by atoms with E-state index >= 15 is 0 Å². The highest BCUT2D eigenvalue weighted by molar-refractivity contribution is 5.92. The number of aromatic nitrogens is 3. The zero-order valence-corrected chi connectivity index (χ0v) is 16.4. The van der Waals surface area contributed by atoms with Crippen LogP contribution in [0.4, 0.5) is 0 Å². The van der Waals surface area contributed by atoms with Crippen LogP contribution < -0.4 is 0 Å². The van der Waals surface area contributed by atoms with Crippen LogP contribution in [0.15, 0.2) is 60.9 Å². The maximum atomic E-state index is 13.0. The van der Waals surface area contributed by atoms with Crippen molar-refractivity contribution >= 4 is 5.91 Å². The fourth-order valence-electron chi connectivity index (χ4n) is 4.69. The Morgan fingerprint density at radius 2 is 1.90 bits per heavy atom. The number of rotatable bonds is 4. The van der Waals surface area contributed by atoms with E-state index < -0.39 is 0 Å². The fraction of sp³-hybridized carbons (Fsp3) is 0.348. The van der Waals surface area contributed by atoms with Crippen molar-refractivity contribution in [1.82, 2.24) is 25.0 Å². The van der Waals surface area contributed by atoms with Crippen LogP contribution in [0.2, 0.25) is 0 Å². The second-order valence-electron chi connectivity index (χ2n) is 8.09. The van der Waals surface area contributed by atoms with Crippen molar-refractivity contribution in [3.8, 4) is 11.3 Å². The minimum Gasteiger partial charge on any atom is -0.335 e. The van der Waals surface area contributed by atoms with Gasteiger partial charge in [0.25, 0.3) is 5.91 Å². The highest BCUT2D eigenvalue weighted by Gasteiger charge is 2.37. The first-order valence-electron chi connectivity index (χ1n) is 10.3. The normalized spacial score (nSPS) is 21.9. The molecule has 5 heterocycles. The Kier molecular flexibility index (Phi) is 4.86. The number of aromatic amines is 1. The van der Waals surface area contributed by atoms with Gasteiger partial charge in [0, 0.05) is 44.0 Å². The van der Waals surface area contributed by atoms with Crippen molar-refractivity contribution in [2.75, 3.05) is 19.6 Å². The summed E-state index contributed by atoms with van der Waals surface area (Å²) in [6, 6.07) is 16.3. The number of nitrogens with one attached hydrogen (secondary N) is 1. The number of benzene rings is 1. The molecule has 2 bridgehead atoms. The standard InChI is InChI=1S/C23H25N5O/c29-23(21-8-4-5-11-24-21)28-14-17-9-10-20(16-28)27(13-17)15-19-12-25-26-22(19)18-6-2-1-3-7-18/h1-8,11-12,17,20H,9-10,13-16H2,(H,25,26)/t17-,20-/m1/s1. The molecule has 2 aromatic heterocycles. The van der Waals surface area contributed by atoms with Gasteiger partial charge in [-0.2, -0.15) is 5.10 Å². The SMILES string of the molecule is O=C(c1ccccn1)N1C[C@@H]2CC[C@H](C1)N(Cc1cn[nH]c1-c1ccccc1)C2. The Morgan fingerprint density at radius 3 is 2.72 bits per heavy atom. The minimum absolute atomic E-state index is 0.0534. The van der Waals surface area contributed by atoms with Gasteiger partial charge in [0.05, 0.1) is 11.9 Å². The van der Waals surface area contributed by atoms with Gasteiger partial charge < -0.3 is 4.90 Å². The summed E-state index contributed by atoms with van der Waals surface area (Å²) in [5, 5.41) is 7.48. The molecule has 0 aliphatic carbocycles. The van der Waals surface area contributed by atoms with Crippen LogP contribution in [-0.4, -0.2) is 56.6 Å². The van der Waals surface area contributed by atoms with Gasteiger partial charge in [-0.1, -0.05) is 36.4 Å². The molecule has 1 aromatic carbocycles. The van der Waals surface area contributed by atoms with E-state index in [1.54, 1.807) is 6.20 Å². The lowest BCUT2D eigenvalue weighted by Crippen LogP contribution is -2.44. The molecule has 148 valence electrons. The summed E-state index contributed by atoms with van der Waals surface area (Å²) in [5.74, 6) is 0.561. The van der Waals surface area contributed by atoms with Crippen LogP contribution >= 0.6 is 0 Å². The van der Waals surface area contributed by atoms with Crippen LogP contribution in [0, 0.1) is 5.92 Å². The first-order valence-corrected chi connectivity index (χ1v) is 10.3. The predicted octanol–water partition coefficient (Wildman–Crippen LogP) is 3.21. The molecule has 1 N–H and O–H groups in total. The Morgan fingerprint density at radius 1 is 1.03 bits per heavy atom. The summed E-state index contributed by atoms with van der Waals surface area (Å²) < 4.78 is 0. The number of hydrogen-bond donors (Lipinski definition) is 1. The number of hydrogen-bond acceptors (Lipinski definition) is 4. The average Bonchev–Trinajstić information content (AvgIpc) is 3.04. The topological polar surface area (TPSA) is 65.1 Å². The third kappa shape index (κ3) is 3.68. The quantitative estimate of drug-likeness (QED) is 0.747. The molecule has 6 heteroatoms. The second-order valence-corrected chi connectivity index (χ2v) is 8.09. The van der Waals surface area contributed by atoms with Gasteiger partial charge in [-0.05, 0) is 36.5 Å². The molecule has 29 heavy (non-hydrogen) atoms.